The molecule has 0 unspecified atom stereocenters. The molecule has 1 aromatic rings. The van der Waals surface area contributed by atoms with Crippen molar-refractivity contribution < 1.29 is 18.3 Å². The Morgan fingerprint density at radius 1 is 1.00 bits per heavy atom. The maximum Gasteiger partial charge on any atom is 0.132 e. The van der Waals surface area contributed by atoms with Crippen LogP contribution in [0.1, 0.15) is 24.8 Å². The second kappa shape index (κ2) is 7.12. The van der Waals surface area contributed by atoms with Gasteiger partial charge in [-0.15, -0.1) is 0 Å². The lowest BCUT2D eigenvalue weighted by molar-refractivity contribution is 0.285. The highest BCUT2D eigenvalue weighted by molar-refractivity contribution is 5.23. The number of allylic oxidation sites excluding steroid dienone is 2. The van der Waals surface area contributed by atoms with E-state index in [1.807, 2.05) is 0 Å². The SMILES string of the molecule is OCCCCC=CCc1c(F)cc(F)cc1F. The molecular weight excluding hydrogens is 229 g/mol. The van der Waals surface area contributed by atoms with Gasteiger partial charge in [-0.25, -0.2) is 13.2 Å². The van der Waals surface area contributed by atoms with Gasteiger partial charge in [-0.2, -0.15) is 0 Å². The minimum absolute atomic E-state index is 0.108. The van der Waals surface area contributed by atoms with E-state index >= 15 is 0 Å². The largest absolute Gasteiger partial charge is 0.396 e. The average Bonchev–Trinajstić information content (AvgIpc) is 2.26. The molecule has 1 aromatic carbocycles. The number of unbranched alkanes of at least 4 members (excludes halogenated alkanes) is 2. The Morgan fingerprint density at radius 2 is 1.65 bits per heavy atom. The van der Waals surface area contributed by atoms with Crippen LogP contribution in [0.3, 0.4) is 0 Å². The summed E-state index contributed by atoms with van der Waals surface area (Å²) in [6.07, 6.45) is 5.86. The lowest BCUT2D eigenvalue weighted by Gasteiger charge is -2.01. The molecule has 0 aromatic heterocycles. The number of aliphatic hydroxyl groups excluding tert-OH is 1. The Balaban J connectivity index is 2.52. The second-order valence-electron chi connectivity index (χ2n) is 3.74. The lowest BCUT2D eigenvalue weighted by Crippen LogP contribution is -1.95. The first-order valence-electron chi connectivity index (χ1n) is 5.54. The molecule has 1 rings (SSSR count). The number of hydrogen-bond donors (Lipinski definition) is 1. The van der Waals surface area contributed by atoms with E-state index in [-0.39, 0.29) is 18.6 Å². The van der Waals surface area contributed by atoms with Crippen molar-refractivity contribution in [2.24, 2.45) is 0 Å². The molecule has 1 nitrogen and oxygen atoms in total. The monoisotopic (exact) mass is 244 g/mol. The van der Waals surface area contributed by atoms with E-state index < -0.39 is 17.5 Å². The highest BCUT2D eigenvalue weighted by Crippen LogP contribution is 2.15. The van der Waals surface area contributed by atoms with Crippen LogP contribution >= 0.6 is 0 Å². The smallest absolute Gasteiger partial charge is 0.132 e. The Hall–Kier alpha value is -1.29. The molecule has 0 radical (unpaired) electrons. The van der Waals surface area contributed by atoms with Crippen LogP contribution in [0, 0.1) is 17.5 Å². The van der Waals surface area contributed by atoms with E-state index in [0.29, 0.717) is 18.6 Å². The predicted molar refractivity (Wildman–Crippen MR) is 60.1 cm³/mol. The standard InChI is InChI=1S/C13H15F3O/c14-10-8-12(15)11(13(16)9-10)6-4-2-1-3-5-7-17/h2,4,8-9,17H,1,3,5-7H2. The average molecular weight is 244 g/mol. The third kappa shape index (κ3) is 4.61. The van der Waals surface area contributed by atoms with Gasteiger partial charge in [0.2, 0.25) is 0 Å². The van der Waals surface area contributed by atoms with Gasteiger partial charge in [-0.1, -0.05) is 12.2 Å². The summed E-state index contributed by atoms with van der Waals surface area (Å²) in [5, 5.41) is 8.54. The fourth-order valence-electron chi connectivity index (χ4n) is 1.46. The first kappa shape index (κ1) is 13.8. The normalized spacial score (nSPS) is 11.3. The summed E-state index contributed by atoms with van der Waals surface area (Å²) >= 11 is 0. The van der Waals surface area contributed by atoms with E-state index in [9.17, 15) is 13.2 Å². The van der Waals surface area contributed by atoms with Gasteiger partial charge in [0.05, 0.1) is 0 Å². The molecule has 0 atom stereocenters. The van der Waals surface area contributed by atoms with E-state index in [4.69, 9.17) is 5.11 Å². The highest BCUT2D eigenvalue weighted by Gasteiger charge is 2.09. The molecule has 0 spiro atoms. The second-order valence-corrected chi connectivity index (χ2v) is 3.74. The molecule has 0 amide bonds. The van der Waals surface area contributed by atoms with Crippen LogP contribution < -0.4 is 0 Å². The number of hydrogen-bond acceptors (Lipinski definition) is 1. The zero-order chi connectivity index (χ0) is 12.7. The van der Waals surface area contributed by atoms with Crippen molar-refractivity contribution in [3.05, 3.63) is 47.3 Å². The van der Waals surface area contributed by atoms with Crippen LogP contribution in [-0.2, 0) is 6.42 Å². The summed E-state index contributed by atoms with van der Waals surface area (Å²) in [5.74, 6) is -2.62. The van der Waals surface area contributed by atoms with E-state index in [1.165, 1.54) is 0 Å². The van der Waals surface area contributed by atoms with Gasteiger partial charge in [0.1, 0.15) is 17.5 Å². The molecule has 1 N–H and O–H groups in total. The van der Waals surface area contributed by atoms with Gasteiger partial charge < -0.3 is 5.11 Å². The number of aliphatic hydroxyl groups is 1. The Kier molecular flexibility index (Phi) is 5.77. The van der Waals surface area contributed by atoms with Crippen molar-refractivity contribution in [1.29, 1.82) is 0 Å². The molecule has 4 heteroatoms. The molecule has 0 aliphatic heterocycles. The quantitative estimate of drug-likeness (QED) is 0.601. The summed E-state index contributed by atoms with van der Waals surface area (Å²) in [4.78, 5) is 0. The fraction of sp³-hybridized carbons (Fsp3) is 0.385. The number of halogens is 3. The maximum absolute atomic E-state index is 13.2. The van der Waals surface area contributed by atoms with Crippen LogP contribution in [0.4, 0.5) is 13.2 Å². The van der Waals surface area contributed by atoms with Crippen LogP contribution in [-0.4, -0.2) is 11.7 Å². The van der Waals surface area contributed by atoms with Crippen molar-refractivity contribution in [2.75, 3.05) is 6.61 Å². The first-order chi connectivity index (χ1) is 8.15. The summed E-state index contributed by atoms with van der Waals surface area (Å²) in [5.41, 5.74) is -0.121. The van der Waals surface area contributed by atoms with Crippen LogP contribution in [0.25, 0.3) is 0 Å². The van der Waals surface area contributed by atoms with Crippen molar-refractivity contribution in [1.82, 2.24) is 0 Å². The summed E-state index contributed by atoms with van der Waals surface area (Å²) < 4.78 is 39.0. The molecule has 0 saturated heterocycles. The Bertz CT molecular complexity index is 365. The van der Waals surface area contributed by atoms with Crippen LogP contribution in [0.15, 0.2) is 24.3 Å². The minimum Gasteiger partial charge on any atom is -0.396 e. The fourth-order valence-corrected chi connectivity index (χ4v) is 1.46. The van der Waals surface area contributed by atoms with Gasteiger partial charge in [0, 0.05) is 24.3 Å². The molecule has 0 fully saturated rings. The maximum atomic E-state index is 13.2. The third-order valence-corrected chi connectivity index (χ3v) is 2.37. The number of rotatable bonds is 6. The summed E-state index contributed by atoms with van der Waals surface area (Å²) in [6.45, 7) is 0.148. The van der Waals surface area contributed by atoms with E-state index in [2.05, 4.69) is 0 Å². The molecule has 0 bridgehead atoms. The summed E-state index contributed by atoms with van der Waals surface area (Å²) in [7, 11) is 0. The van der Waals surface area contributed by atoms with Crippen molar-refractivity contribution in [2.45, 2.75) is 25.7 Å². The molecule has 94 valence electrons. The molecule has 17 heavy (non-hydrogen) atoms. The van der Waals surface area contributed by atoms with Gasteiger partial charge in [0.25, 0.3) is 0 Å². The predicted octanol–water partition coefficient (Wildman–Crippen LogP) is 3.37. The molecule has 0 saturated carbocycles. The first-order valence-corrected chi connectivity index (χ1v) is 5.54. The zero-order valence-electron chi connectivity index (χ0n) is 9.43. The van der Waals surface area contributed by atoms with Gasteiger partial charge >= 0.3 is 0 Å². The van der Waals surface area contributed by atoms with Gasteiger partial charge in [-0.05, 0) is 25.7 Å². The minimum atomic E-state index is -0.907. The molecule has 0 aliphatic carbocycles. The van der Waals surface area contributed by atoms with E-state index in [0.717, 1.165) is 12.8 Å². The van der Waals surface area contributed by atoms with Crippen LogP contribution in [0.5, 0.6) is 0 Å². The van der Waals surface area contributed by atoms with Gasteiger partial charge in [0.15, 0.2) is 0 Å². The zero-order valence-corrected chi connectivity index (χ0v) is 9.43. The van der Waals surface area contributed by atoms with Crippen molar-refractivity contribution in [3.63, 3.8) is 0 Å². The summed E-state index contributed by atoms with van der Waals surface area (Å²) in [6, 6.07) is 1.36. The third-order valence-electron chi connectivity index (χ3n) is 2.37. The molecular formula is C13H15F3O. The van der Waals surface area contributed by atoms with Gasteiger partial charge in [-0.3, -0.25) is 0 Å². The lowest BCUT2D eigenvalue weighted by atomic mass is 10.1. The molecule has 0 aliphatic rings. The molecule has 0 heterocycles. The van der Waals surface area contributed by atoms with Crippen molar-refractivity contribution >= 4 is 0 Å². The Labute approximate surface area is 98.6 Å². The Morgan fingerprint density at radius 3 is 2.24 bits per heavy atom. The topological polar surface area (TPSA) is 20.2 Å². The number of benzene rings is 1. The van der Waals surface area contributed by atoms with E-state index in [1.54, 1.807) is 12.2 Å². The van der Waals surface area contributed by atoms with Crippen LogP contribution in [0.2, 0.25) is 0 Å². The highest BCUT2D eigenvalue weighted by atomic mass is 19.1. The van der Waals surface area contributed by atoms with Crippen molar-refractivity contribution in [3.8, 4) is 0 Å².